The third kappa shape index (κ3) is 4.96. The first kappa shape index (κ1) is 23.1. The molecule has 1 aromatic heterocycles. The molecular formula is C24H19BrN4O5. The van der Waals surface area contributed by atoms with Crippen LogP contribution in [0.2, 0.25) is 0 Å². The maximum Gasteiger partial charge on any atom is 0.282 e. The Hall–Kier alpha value is -4.05. The van der Waals surface area contributed by atoms with Gasteiger partial charge in [-0.1, -0.05) is 28.1 Å². The molecule has 4 aromatic rings. The standard InChI is InChI=1S/C24H19BrN4O5/c1-15-27-21-8-7-18(25)12-20(21)24(30)28(15)26-13-16-6-9-22(23(11-16)33-2)34-14-17-4-3-5-19(10-17)29(31)32/h3-13H,14H2,1-2H3. The molecule has 0 aliphatic rings. The summed E-state index contributed by atoms with van der Waals surface area (Å²) in [5.74, 6) is 1.38. The number of halogens is 1. The van der Waals surface area contributed by atoms with Crippen LogP contribution in [0.1, 0.15) is 17.0 Å². The van der Waals surface area contributed by atoms with E-state index < -0.39 is 4.92 Å². The van der Waals surface area contributed by atoms with Gasteiger partial charge in [0.05, 0.1) is 29.2 Å². The normalized spacial score (nSPS) is 11.1. The lowest BCUT2D eigenvalue weighted by atomic mass is 10.2. The molecule has 10 heteroatoms. The van der Waals surface area contributed by atoms with E-state index in [2.05, 4.69) is 26.0 Å². The van der Waals surface area contributed by atoms with Crippen molar-refractivity contribution in [2.75, 3.05) is 7.11 Å². The Bertz CT molecular complexity index is 1480. The van der Waals surface area contributed by atoms with Gasteiger partial charge >= 0.3 is 0 Å². The van der Waals surface area contributed by atoms with Crippen molar-refractivity contribution in [3.63, 3.8) is 0 Å². The van der Waals surface area contributed by atoms with Crippen molar-refractivity contribution in [3.8, 4) is 11.5 Å². The zero-order valence-corrected chi connectivity index (χ0v) is 19.9. The molecule has 172 valence electrons. The van der Waals surface area contributed by atoms with E-state index in [1.54, 1.807) is 49.4 Å². The number of methoxy groups -OCH3 is 1. The highest BCUT2D eigenvalue weighted by Crippen LogP contribution is 2.29. The monoisotopic (exact) mass is 522 g/mol. The van der Waals surface area contributed by atoms with Crippen LogP contribution in [0.4, 0.5) is 5.69 Å². The molecule has 0 atom stereocenters. The van der Waals surface area contributed by atoms with E-state index in [9.17, 15) is 14.9 Å². The fourth-order valence-electron chi connectivity index (χ4n) is 3.32. The van der Waals surface area contributed by atoms with E-state index in [0.717, 1.165) is 4.47 Å². The summed E-state index contributed by atoms with van der Waals surface area (Å²) >= 11 is 3.38. The van der Waals surface area contributed by atoms with Crippen LogP contribution in [-0.4, -0.2) is 27.9 Å². The first-order valence-corrected chi connectivity index (χ1v) is 10.9. The van der Waals surface area contributed by atoms with Gasteiger partial charge in [0.25, 0.3) is 11.2 Å². The van der Waals surface area contributed by atoms with Crippen molar-refractivity contribution in [2.24, 2.45) is 5.10 Å². The Morgan fingerprint density at radius 1 is 1.15 bits per heavy atom. The van der Waals surface area contributed by atoms with Crippen molar-refractivity contribution in [1.82, 2.24) is 9.66 Å². The van der Waals surface area contributed by atoms with Crippen LogP contribution in [0.3, 0.4) is 0 Å². The van der Waals surface area contributed by atoms with E-state index in [4.69, 9.17) is 9.47 Å². The maximum atomic E-state index is 12.9. The molecule has 0 saturated carbocycles. The van der Waals surface area contributed by atoms with E-state index in [1.807, 2.05) is 6.07 Å². The molecule has 0 aliphatic heterocycles. The van der Waals surface area contributed by atoms with Gasteiger partial charge in [0.2, 0.25) is 0 Å². The minimum absolute atomic E-state index is 0.000647. The number of nitro benzene ring substituents is 1. The van der Waals surface area contributed by atoms with Gasteiger partial charge in [-0.05, 0) is 54.4 Å². The lowest BCUT2D eigenvalue weighted by Crippen LogP contribution is -2.20. The number of ether oxygens (including phenoxy) is 2. The molecule has 0 fully saturated rings. The van der Waals surface area contributed by atoms with Crippen LogP contribution in [0.25, 0.3) is 10.9 Å². The zero-order chi connectivity index (χ0) is 24.2. The number of fused-ring (bicyclic) bond motifs is 1. The Morgan fingerprint density at radius 2 is 1.97 bits per heavy atom. The molecule has 0 amide bonds. The summed E-state index contributed by atoms with van der Waals surface area (Å²) in [5, 5.41) is 15.7. The third-order valence-electron chi connectivity index (χ3n) is 5.00. The molecule has 4 rings (SSSR count). The van der Waals surface area contributed by atoms with Crippen LogP contribution in [0.5, 0.6) is 11.5 Å². The Balaban J connectivity index is 1.57. The van der Waals surface area contributed by atoms with Gasteiger partial charge in [-0.25, -0.2) is 4.98 Å². The van der Waals surface area contributed by atoms with Gasteiger partial charge in [-0.15, -0.1) is 0 Å². The summed E-state index contributed by atoms with van der Waals surface area (Å²) in [7, 11) is 1.51. The van der Waals surface area contributed by atoms with Crippen LogP contribution in [0, 0.1) is 17.0 Å². The number of nitrogens with zero attached hydrogens (tertiary/aromatic N) is 4. The fraction of sp³-hybridized carbons (Fsp3) is 0.125. The highest BCUT2D eigenvalue weighted by molar-refractivity contribution is 9.10. The quantitative estimate of drug-likeness (QED) is 0.195. The third-order valence-corrected chi connectivity index (χ3v) is 5.49. The van der Waals surface area contributed by atoms with Gasteiger partial charge in [0.15, 0.2) is 11.5 Å². The predicted octanol–water partition coefficient (Wildman–Crippen LogP) is 4.85. The van der Waals surface area contributed by atoms with Crippen molar-refractivity contribution in [3.05, 3.63) is 103 Å². The van der Waals surface area contributed by atoms with Crippen LogP contribution in [0.15, 0.2) is 75.0 Å². The topological polar surface area (TPSA) is 109 Å². The van der Waals surface area contributed by atoms with Crippen LogP contribution >= 0.6 is 15.9 Å². The Labute approximate surface area is 202 Å². The molecular weight excluding hydrogens is 504 g/mol. The summed E-state index contributed by atoms with van der Waals surface area (Å²) < 4.78 is 13.3. The van der Waals surface area contributed by atoms with Crippen molar-refractivity contribution in [2.45, 2.75) is 13.5 Å². The molecule has 9 nitrogen and oxygen atoms in total. The molecule has 0 aliphatic carbocycles. The first-order chi connectivity index (χ1) is 16.4. The van der Waals surface area contributed by atoms with Gasteiger partial charge in [-0.3, -0.25) is 14.9 Å². The SMILES string of the molecule is COc1cc(C=Nn2c(C)nc3ccc(Br)cc3c2=O)ccc1OCc1cccc([N+](=O)[O-])c1. The Morgan fingerprint density at radius 3 is 2.74 bits per heavy atom. The molecule has 0 saturated heterocycles. The highest BCUT2D eigenvalue weighted by atomic mass is 79.9. The molecule has 0 radical (unpaired) electrons. The molecule has 0 bridgehead atoms. The summed E-state index contributed by atoms with van der Waals surface area (Å²) in [6, 6.07) is 16.8. The number of aromatic nitrogens is 2. The number of hydrogen-bond donors (Lipinski definition) is 0. The smallest absolute Gasteiger partial charge is 0.282 e. The maximum absolute atomic E-state index is 12.9. The average molecular weight is 523 g/mol. The summed E-state index contributed by atoms with van der Waals surface area (Å²) in [5.41, 5.74) is 1.67. The minimum Gasteiger partial charge on any atom is -0.493 e. The van der Waals surface area contributed by atoms with Gasteiger partial charge < -0.3 is 9.47 Å². The van der Waals surface area contributed by atoms with E-state index >= 15 is 0 Å². The lowest BCUT2D eigenvalue weighted by Gasteiger charge is -2.11. The van der Waals surface area contributed by atoms with E-state index in [-0.39, 0.29) is 17.9 Å². The second kappa shape index (κ2) is 9.84. The Kier molecular flexibility index (Phi) is 6.69. The van der Waals surface area contributed by atoms with Crippen LogP contribution < -0.4 is 15.0 Å². The summed E-state index contributed by atoms with van der Waals surface area (Å²) in [6.07, 6.45) is 1.53. The number of non-ortho nitro benzene ring substituents is 1. The first-order valence-electron chi connectivity index (χ1n) is 10.1. The number of hydrogen-bond acceptors (Lipinski definition) is 7. The van der Waals surface area contributed by atoms with Gasteiger partial charge in [-0.2, -0.15) is 9.78 Å². The van der Waals surface area contributed by atoms with E-state index in [1.165, 1.54) is 30.1 Å². The predicted molar refractivity (Wildman–Crippen MR) is 132 cm³/mol. The molecule has 0 N–H and O–H groups in total. The number of nitro groups is 1. The zero-order valence-electron chi connectivity index (χ0n) is 18.3. The van der Waals surface area contributed by atoms with Gasteiger partial charge in [0.1, 0.15) is 12.4 Å². The average Bonchev–Trinajstić information content (AvgIpc) is 2.83. The van der Waals surface area contributed by atoms with Crippen molar-refractivity contribution >= 4 is 38.7 Å². The molecule has 0 spiro atoms. The molecule has 0 unspecified atom stereocenters. The van der Waals surface area contributed by atoms with Crippen molar-refractivity contribution in [1.29, 1.82) is 0 Å². The van der Waals surface area contributed by atoms with Gasteiger partial charge in [0, 0.05) is 16.6 Å². The van der Waals surface area contributed by atoms with Crippen molar-refractivity contribution < 1.29 is 14.4 Å². The van der Waals surface area contributed by atoms with E-state index in [0.29, 0.717) is 39.4 Å². The molecule has 3 aromatic carbocycles. The molecule has 1 heterocycles. The lowest BCUT2D eigenvalue weighted by molar-refractivity contribution is -0.384. The fourth-order valence-corrected chi connectivity index (χ4v) is 3.69. The molecule has 34 heavy (non-hydrogen) atoms. The minimum atomic E-state index is -0.449. The largest absolute Gasteiger partial charge is 0.493 e. The highest BCUT2D eigenvalue weighted by Gasteiger charge is 2.10. The number of rotatable bonds is 7. The number of benzene rings is 3. The second-order valence-electron chi connectivity index (χ2n) is 7.31. The van der Waals surface area contributed by atoms with Crippen LogP contribution in [-0.2, 0) is 6.61 Å². The second-order valence-corrected chi connectivity index (χ2v) is 8.22. The summed E-state index contributed by atoms with van der Waals surface area (Å²) in [6.45, 7) is 1.85. The number of aryl methyl sites for hydroxylation is 1. The summed E-state index contributed by atoms with van der Waals surface area (Å²) in [4.78, 5) is 27.8.